The molecule has 3 rings (SSSR count). The first-order valence-corrected chi connectivity index (χ1v) is 6.70. The predicted octanol–water partition coefficient (Wildman–Crippen LogP) is 3.08. The Morgan fingerprint density at radius 2 is 2.11 bits per heavy atom. The lowest BCUT2D eigenvalue weighted by molar-refractivity contribution is 0.346. The molecule has 0 saturated carbocycles. The highest BCUT2D eigenvalue weighted by Crippen LogP contribution is 2.19. The minimum atomic E-state index is 0.690. The first-order chi connectivity index (χ1) is 8.84. The Balaban J connectivity index is 1.90. The lowest BCUT2D eigenvalue weighted by Gasteiger charge is -2.10. The van der Waals surface area contributed by atoms with Gasteiger partial charge in [-0.05, 0) is 23.8 Å². The van der Waals surface area contributed by atoms with Crippen LogP contribution in [-0.2, 0) is 11.3 Å². The van der Waals surface area contributed by atoms with Gasteiger partial charge in [-0.15, -0.1) is 0 Å². The van der Waals surface area contributed by atoms with Gasteiger partial charge in [0.05, 0.1) is 6.54 Å². The molecule has 92 valence electrons. The lowest BCUT2D eigenvalue weighted by atomic mass is 10.2. The van der Waals surface area contributed by atoms with Crippen molar-refractivity contribution >= 4 is 21.8 Å². The summed E-state index contributed by atoms with van der Waals surface area (Å²) in [7, 11) is 0. The Morgan fingerprint density at radius 3 is 2.89 bits per heavy atom. The van der Waals surface area contributed by atoms with Gasteiger partial charge < -0.3 is 9.30 Å². The summed E-state index contributed by atoms with van der Waals surface area (Å²) in [6.07, 6.45) is 2.05. The number of ether oxygens (including phenoxy) is 1. The molecule has 0 atom stereocenters. The second kappa shape index (κ2) is 4.98. The van der Waals surface area contributed by atoms with Gasteiger partial charge in [0.25, 0.3) is 0 Å². The van der Waals surface area contributed by atoms with Crippen molar-refractivity contribution in [2.45, 2.75) is 6.54 Å². The molecule has 0 saturated heterocycles. The second-order valence-electron chi connectivity index (χ2n) is 4.15. The number of aromatic nitrogens is 1. The largest absolute Gasteiger partial charge is 0.474 e. The van der Waals surface area contributed by atoms with Crippen LogP contribution in [0, 0.1) is 0 Å². The molecule has 0 aliphatic carbocycles. The van der Waals surface area contributed by atoms with Crippen LogP contribution < -0.4 is 0 Å². The Bertz CT molecular complexity index is 589. The summed E-state index contributed by atoms with van der Waals surface area (Å²) < 4.78 is 8.80. The van der Waals surface area contributed by atoms with Crippen LogP contribution in [0.3, 0.4) is 0 Å². The highest BCUT2D eigenvalue weighted by Gasteiger charge is 2.14. The summed E-state index contributed by atoms with van der Waals surface area (Å²) in [6.45, 7) is 2.26. The van der Waals surface area contributed by atoms with Crippen molar-refractivity contribution in [3.05, 3.63) is 58.3 Å². The monoisotopic (exact) mass is 304 g/mol. The molecular weight excluding hydrogens is 292 g/mol. The molecule has 4 heteroatoms. The Kier molecular flexibility index (Phi) is 3.19. The standard InChI is InChI=1S/C14H13BrN2O/c15-12-5-2-1-4-11(12)10-17-8-3-6-13(17)14-16-7-9-18-14/h1-6,8H,7,9-10H2. The fourth-order valence-electron chi connectivity index (χ4n) is 2.05. The van der Waals surface area contributed by atoms with E-state index in [9.17, 15) is 0 Å². The van der Waals surface area contributed by atoms with Crippen LogP contribution in [0.15, 0.2) is 52.1 Å². The molecule has 3 nitrogen and oxygen atoms in total. The fraction of sp³-hybridized carbons (Fsp3) is 0.214. The van der Waals surface area contributed by atoms with Crippen molar-refractivity contribution in [1.29, 1.82) is 0 Å². The Labute approximate surface area is 114 Å². The van der Waals surface area contributed by atoms with E-state index in [0.717, 1.165) is 29.2 Å². The molecule has 1 aromatic carbocycles. The topological polar surface area (TPSA) is 26.5 Å². The summed E-state index contributed by atoms with van der Waals surface area (Å²) in [5, 5.41) is 0. The second-order valence-corrected chi connectivity index (χ2v) is 5.00. The molecule has 0 unspecified atom stereocenters. The van der Waals surface area contributed by atoms with E-state index < -0.39 is 0 Å². The van der Waals surface area contributed by atoms with Gasteiger partial charge in [0, 0.05) is 17.2 Å². The van der Waals surface area contributed by atoms with Crippen LogP contribution in [0.5, 0.6) is 0 Å². The van der Waals surface area contributed by atoms with Gasteiger partial charge in [-0.2, -0.15) is 0 Å². The number of aliphatic imine (C=N–C) groups is 1. The van der Waals surface area contributed by atoms with Crippen molar-refractivity contribution in [2.75, 3.05) is 13.2 Å². The first kappa shape index (κ1) is 11.5. The Morgan fingerprint density at radius 1 is 1.22 bits per heavy atom. The molecule has 2 aromatic rings. The van der Waals surface area contributed by atoms with Gasteiger partial charge in [-0.3, -0.25) is 0 Å². The number of hydrogen-bond donors (Lipinski definition) is 0. The Hall–Kier alpha value is -1.55. The van der Waals surface area contributed by atoms with Crippen LogP contribution in [-0.4, -0.2) is 23.6 Å². The molecule has 1 aliphatic heterocycles. The average molecular weight is 305 g/mol. The third-order valence-corrected chi connectivity index (χ3v) is 3.71. The quantitative estimate of drug-likeness (QED) is 0.856. The summed E-state index contributed by atoms with van der Waals surface area (Å²) >= 11 is 3.58. The summed E-state index contributed by atoms with van der Waals surface area (Å²) in [4.78, 5) is 4.36. The molecular formula is C14H13BrN2O. The summed E-state index contributed by atoms with van der Waals surface area (Å²) in [5.41, 5.74) is 2.29. The van der Waals surface area contributed by atoms with Gasteiger partial charge >= 0.3 is 0 Å². The summed E-state index contributed by atoms with van der Waals surface area (Å²) in [5.74, 6) is 0.757. The van der Waals surface area contributed by atoms with Gasteiger partial charge in [0.1, 0.15) is 12.3 Å². The molecule has 0 spiro atoms. The third-order valence-electron chi connectivity index (χ3n) is 2.93. The number of rotatable bonds is 3. The van der Waals surface area contributed by atoms with Crippen LogP contribution in [0.1, 0.15) is 11.3 Å². The van der Waals surface area contributed by atoms with Gasteiger partial charge in [0.2, 0.25) is 5.90 Å². The lowest BCUT2D eigenvalue weighted by Crippen LogP contribution is -2.10. The number of benzene rings is 1. The average Bonchev–Trinajstić information content (AvgIpc) is 3.02. The van der Waals surface area contributed by atoms with Crippen molar-refractivity contribution in [1.82, 2.24) is 4.57 Å². The number of nitrogens with zero attached hydrogens (tertiary/aromatic N) is 2. The molecule has 0 bridgehead atoms. The SMILES string of the molecule is Brc1ccccc1Cn1cccc1C1=NCCO1. The van der Waals surface area contributed by atoms with Crippen LogP contribution in [0.4, 0.5) is 0 Å². The van der Waals surface area contributed by atoms with E-state index in [1.54, 1.807) is 0 Å². The third kappa shape index (κ3) is 2.20. The van der Waals surface area contributed by atoms with Crippen molar-refractivity contribution in [3.63, 3.8) is 0 Å². The van der Waals surface area contributed by atoms with E-state index in [-0.39, 0.29) is 0 Å². The molecule has 18 heavy (non-hydrogen) atoms. The minimum absolute atomic E-state index is 0.690. The predicted molar refractivity (Wildman–Crippen MR) is 75.0 cm³/mol. The highest BCUT2D eigenvalue weighted by molar-refractivity contribution is 9.10. The van der Waals surface area contributed by atoms with E-state index in [1.165, 1.54) is 5.56 Å². The molecule has 1 aliphatic rings. The summed E-state index contributed by atoms with van der Waals surface area (Å²) in [6, 6.07) is 12.3. The molecule has 0 fully saturated rings. The minimum Gasteiger partial charge on any atom is -0.474 e. The number of hydrogen-bond acceptors (Lipinski definition) is 2. The smallest absolute Gasteiger partial charge is 0.233 e. The molecule has 0 amide bonds. The van der Waals surface area contributed by atoms with E-state index in [2.05, 4.69) is 43.8 Å². The van der Waals surface area contributed by atoms with Gasteiger partial charge in [0.15, 0.2) is 0 Å². The van der Waals surface area contributed by atoms with Crippen molar-refractivity contribution in [3.8, 4) is 0 Å². The fourth-order valence-corrected chi connectivity index (χ4v) is 2.46. The van der Waals surface area contributed by atoms with Crippen LogP contribution >= 0.6 is 15.9 Å². The maximum atomic E-state index is 5.52. The normalized spacial score (nSPS) is 14.4. The van der Waals surface area contributed by atoms with Gasteiger partial charge in [-0.1, -0.05) is 34.1 Å². The van der Waals surface area contributed by atoms with Gasteiger partial charge in [-0.25, -0.2) is 4.99 Å². The zero-order valence-corrected chi connectivity index (χ0v) is 11.4. The van der Waals surface area contributed by atoms with Crippen molar-refractivity contribution in [2.24, 2.45) is 4.99 Å². The van der Waals surface area contributed by atoms with E-state index in [1.807, 2.05) is 24.3 Å². The molecule has 0 N–H and O–H groups in total. The van der Waals surface area contributed by atoms with Crippen LogP contribution in [0.25, 0.3) is 0 Å². The maximum Gasteiger partial charge on any atom is 0.233 e. The first-order valence-electron chi connectivity index (χ1n) is 5.91. The zero-order valence-electron chi connectivity index (χ0n) is 9.84. The van der Waals surface area contributed by atoms with E-state index in [0.29, 0.717) is 6.61 Å². The van der Waals surface area contributed by atoms with Crippen molar-refractivity contribution < 1.29 is 4.74 Å². The van der Waals surface area contributed by atoms with E-state index in [4.69, 9.17) is 4.74 Å². The van der Waals surface area contributed by atoms with E-state index >= 15 is 0 Å². The zero-order chi connectivity index (χ0) is 12.4. The number of halogens is 1. The molecule has 2 heterocycles. The maximum absolute atomic E-state index is 5.52. The molecule has 0 radical (unpaired) electrons. The highest BCUT2D eigenvalue weighted by atomic mass is 79.9. The van der Waals surface area contributed by atoms with Crippen LogP contribution in [0.2, 0.25) is 0 Å². The molecule has 1 aromatic heterocycles.